The number of hydrogen-bond donors (Lipinski definition) is 3. The fourth-order valence-corrected chi connectivity index (χ4v) is 2.67. The van der Waals surface area contributed by atoms with Crippen molar-refractivity contribution in [2.24, 2.45) is 0 Å². The number of aromatic nitrogens is 2. The lowest BCUT2D eigenvalue weighted by Crippen LogP contribution is -2.31. The number of hydrogen-bond acceptors (Lipinski definition) is 7. The van der Waals surface area contributed by atoms with Crippen LogP contribution in [0, 0.1) is 10.1 Å². The van der Waals surface area contributed by atoms with Crippen LogP contribution in [0.4, 0.5) is 22.2 Å². The number of carboxylic acid groups (broad SMARTS) is 1. The summed E-state index contributed by atoms with van der Waals surface area (Å²) in [6.45, 7) is 0.681. The van der Waals surface area contributed by atoms with Gasteiger partial charge in [-0.1, -0.05) is 0 Å². The largest absolute Gasteiger partial charge is 0.465 e. The minimum atomic E-state index is -0.987. The molecule has 1 aromatic heterocycles. The van der Waals surface area contributed by atoms with Gasteiger partial charge in [0.15, 0.2) is 0 Å². The van der Waals surface area contributed by atoms with Crippen molar-refractivity contribution in [2.75, 3.05) is 23.7 Å². The number of nitrogens with zero attached hydrogens (tertiary/aromatic N) is 4. The van der Waals surface area contributed by atoms with E-state index in [1.165, 1.54) is 11.1 Å². The molecular formula is C13H18N6O4. The Balaban J connectivity index is 1.73. The summed E-state index contributed by atoms with van der Waals surface area (Å²) in [6, 6.07) is 0.120. The fraction of sp³-hybridized carbons (Fsp3) is 0.615. The van der Waals surface area contributed by atoms with E-state index >= 15 is 0 Å². The minimum absolute atomic E-state index is 0.129. The van der Waals surface area contributed by atoms with Crippen molar-refractivity contribution in [1.82, 2.24) is 14.9 Å². The first-order chi connectivity index (χ1) is 11.0. The van der Waals surface area contributed by atoms with E-state index in [-0.39, 0.29) is 24.1 Å². The van der Waals surface area contributed by atoms with E-state index in [9.17, 15) is 14.9 Å². The second-order valence-electron chi connectivity index (χ2n) is 5.82. The molecule has 2 heterocycles. The molecule has 0 radical (unpaired) electrons. The molecule has 0 bridgehead atoms. The molecule has 1 amide bonds. The molecule has 124 valence electrons. The number of likely N-dealkylation sites (tertiary alicyclic amines) is 1. The molecule has 2 fully saturated rings. The molecule has 1 atom stereocenters. The highest BCUT2D eigenvalue weighted by molar-refractivity contribution is 5.66. The molecule has 10 heteroatoms. The van der Waals surface area contributed by atoms with Gasteiger partial charge >= 0.3 is 11.8 Å². The van der Waals surface area contributed by atoms with Crippen molar-refractivity contribution in [1.29, 1.82) is 0 Å². The SMILES string of the molecule is O=C(O)N1CCC(Nc2nc(NC3CCC3)ncc2[N+](=O)[O-])C1. The van der Waals surface area contributed by atoms with Gasteiger partial charge in [0.25, 0.3) is 0 Å². The van der Waals surface area contributed by atoms with Gasteiger partial charge in [0.2, 0.25) is 11.8 Å². The Morgan fingerprint density at radius 3 is 2.70 bits per heavy atom. The molecule has 2 aliphatic rings. The molecule has 1 aliphatic carbocycles. The van der Waals surface area contributed by atoms with Gasteiger partial charge in [-0.15, -0.1) is 0 Å². The maximum atomic E-state index is 11.1. The average molecular weight is 322 g/mol. The van der Waals surface area contributed by atoms with Crippen molar-refractivity contribution in [3.05, 3.63) is 16.3 Å². The molecule has 1 aliphatic heterocycles. The van der Waals surface area contributed by atoms with Gasteiger partial charge in [-0.3, -0.25) is 10.1 Å². The molecule has 1 unspecified atom stereocenters. The second-order valence-corrected chi connectivity index (χ2v) is 5.82. The highest BCUT2D eigenvalue weighted by Crippen LogP contribution is 2.27. The van der Waals surface area contributed by atoms with Crippen LogP contribution in [-0.4, -0.2) is 56.2 Å². The first-order valence-corrected chi connectivity index (χ1v) is 7.55. The molecule has 0 spiro atoms. The molecule has 23 heavy (non-hydrogen) atoms. The van der Waals surface area contributed by atoms with Crippen LogP contribution in [0.5, 0.6) is 0 Å². The van der Waals surface area contributed by atoms with Gasteiger partial charge in [0.05, 0.1) is 4.92 Å². The molecule has 3 rings (SSSR count). The van der Waals surface area contributed by atoms with Gasteiger partial charge in [0, 0.05) is 25.2 Å². The highest BCUT2D eigenvalue weighted by Gasteiger charge is 2.29. The number of amides is 1. The lowest BCUT2D eigenvalue weighted by molar-refractivity contribution is -0.384. The quantitative estimate of drug-likeness (QED) is 0.548. The van der Waals surface area contributed by atoms with Crippen molar-refractivity contribution >= 4 is 23.5 Å². The zero-order valence-corrected chi connectivity index (χ0v) is 12.4. The Bertz CT molecular complexity index is 620. The number of rotatable bonds is 5. The third-order valence-corrected chi connectivity index (χ3v) is 4.20. The van der Waals surface area contributed by atoms with Gasteiger partial charge in [0.1, 0.15) is 6.20 Å². The van der Waals surface area contributed by atoms with E-state index in [1.807, 2.05) is 0 Å². The maximum Gasteiger partial charge on any atom is 0.407 e. The Kier molecular flexibility index (Phi) is 4.13. The van der Waals surface area contributed by atoms with Crippen LogP contribution in [0.15, 0.2) is 6.20 Å². The average Bonchev–Trinajstić information content (AvgIpc) is 2.91. The van der Waals surface area contributed by atoms with E-state index in [0.29, 0.717) is 25.0 Å². The molecule has 1 saturated carbocycles. The summed E-state index contributed by atoms with van der Waals surface area (Å²) in [7, 11) is 0. The summed E-state index contributed by atoms with van der Waals surface area (Å²) in [5.41, 5.74) is -0.210. The third-order valence-electron chi connectivity index (χ3n) is 4.20. The molecule has 1 saturated heterocycles. The predicted molar refractivity (Wildman–Crippen MR) is 81.6 cm³/mol. The van der Waals surface area contributed by atoms with Crippen LogP contribution in [0.2, 0.25) is 0 Å². The Labute approximate surface area is 132 Å². The van der Waals surface area contributed by atoms with Crippen LogP contribution < -0.4 is 10.6 Å². The van der Waals surface area contributed by atoms with Crippen molar-refractivity contribution in [3.63, 3.8) is 0 Å². The smallest absolute Gasteiger partial charge is 0.407 e. The van der Waals surface area contributed by atoms with E-state index < -0.39 is 11.0 Å². The van der Waals surface area contributed by atoms with Gasteiger partial charge in [-0.25, -0.2) is 9.78 Å². The van der Waals surface area contributed by atoms with Crippen molar-refractivity contribution in [2.45, 2.75) is 37.8 Å². The van der Waals surface area contributed by atoms with Crippen LogP contribution in [0.1, 0.15) is 25.7 Å². The normalized spacial score (nSPS) is 20.9. The number of nitro groups is 1. The summed E-state index contributed by atoms with van der Waals surface area (Å²) >= 11 is 0. The summed E-state index contributed by atoms with van der Waals surface area (Å²) in [6.07, 6.45) is 4.01. The highest BCUT2D eigenvalue weighted by atomic mass is 16.6. The van der Waals surface area contributed by atoms with Crippen LogP contribution >= 0.6 is 0 Å². The molecular weight excluding hydrogens is 304 g/mol. The lowest BCUT2D eigenvalue weighted by Gasteiger charge is -2.26. The first kappa shape index (κ1) is 15.3. The summed E-state index contributed by atoms with van der Waals surface area (Å²) in [5, 5.41) is 26.2. The fourth-order valence-electron chi connectivity index (χ4n) is 2.67. The van der Waals surface area contributed by atoms with Gasteiger partial charge in [-0.2, -0.15) is 4.98 Å². The lowest BCUT2D eigenvalue weighted by atomic mass is 9.93. The molecule has 1 aromatic rings. The van der Waals surface area contributed by atoms with Gasteiger partial charge < -0.3 is 20.6 Å². The summed E-state index contributed by atoms with van der Waals surface area (Å²) < 4.78 is 0. The number of carbonyl (C=O) groups is 1. The zero-order chi connectivity index (χ0) is 16.4. The van der Waals surface area contributed by atoms with Crippen molar-refractivity contribution < 1.29 is 14.8 Å². The van der Waals surface area contributed by atoms with E-state index in [4.69, 9.17) is 5.11 Å². The third kappa shape index (κ3) is 3.41. The van der Waals surface area contributed by atoms with Crippen LogP contribution in [0.25, 0.3) is 0 Å². The van der Waals surface area contributed by atoms with Crippen LogP contribution in [0.3, 0.4) is 0 Å². The maximum absolute atomic E-state index is 11.1. The van der Waals surface area contributed by atoms with Gasteiger partial charge in [-0.05, 0) is 25.7 Å². The van der Waals surface area contributed by atoms with Crippen LogP contribution in [-0.2, 0) is 0 Å². The first-order valence-electron chi connectivity index (χ1n) is 7.55. The number of nitrogens with one attached hydrogen (secondary N) is 2. The standard InChI is InChI=1S/C13H18N6O4/c20-13(21)18-5-4-9(7-18)15-11-10(19(22)23)6-14-12(17-11)16-8-2-1-3-8/h6,8-9H,1-5,7H2,(H,20,21)(H2,14,15,16,17). The second kappa shape index (κ2) is 6.23. The summed E-state index contributed by atoms with van der Waals surface area (Å²) in [5.74, 6) is 0.486. The number of anilines is 2. The van der Waals surface area contributed by atoms with Crippen molar-refractivity contribution in [3.8, 4) is 0 Å². The van der Waals surface area contributed by atoms with E-state index in [0.717, 1.165) is 19.3 Å². The predicted octanol–water partition coefficient (Wildman–Crippen LogP) is 1.51. The summed E-state index contributed by atoms with van der Waals surface area (Å²) in [4.78, 5) is 31.0. The Morgan fingerprint density at radius 2 is 2.13 bits per heavy atom. The zero-order valence-electron chi connectivity index (χ0n) is 12.4. The molecule has 10 nitrogen and oxygen atoms in total. The monoisotopic (exact) mass is 322 g/mol. The molecule has 0 aromatic carbocycles. The minimum Gasteiger partial charge on any atom is -0.465 e. The Morgan fingerprint density at radius 1 is 1.35 bits per heavy atom. The van der Waals surface area contributed by atoms with E-state index in [1.54, 1.807) is 0 Å². The van der Waals surface area contributed by atoms with E-state index in [2.05, 4.69) is 20.6 Å². The topological polar surface area (TPSA) is 134 Å². The Hall–Kier alpha value is -2.65. The molecule has 3 N–H and O–H groups in total.